The smallest absolute Gasteiger partial charge is 0.0486 e. The fourth-order valence-electron chi connectivity index (χ4n) is 1.46. The van der Waals surface area contributed by atoms with Crippen molar-refractivity contribution >= 4 is 31.9 Å². The molecule has 0 aromatic rings. The quantitative estimate of drug-likeness (QED) is 0.575. The Bertz CT molecular complexity index is 270. The van der Waals surface area contributed by atoms with Crippen molar-refractivity contribution in [3.8, 4) is 0 Å². The maximum atomic E-state index is 3.74. The molecule has 0 nitrogen and oxygen atoms in total. The third kappa shape index (κ3) is 1.69. The van der Waals surface area contributed by atoms with Crippen LogP contribution in [-0.2, 0) is 0 Å². The van der Waals surface area contributed by atoms with E-state index >= 15 is 0 Å². The highest BCUT2D eigenvalue weighted by molar-refractivity contribution is 9.12. The summed E-state index contributed by atoms with van der Waals surface area (Å²) in [6, 6.07) is 0. The molecule has 0 N–H and O–H groups in total. The first kappa shape index (κ1) is 10.5. The molecule has 0 heterocycles. The van der Waals surface area contributed by atoms with E-state index in [-0.39, 0.29) is 4.32 Å². The second kappa shape index (κ2) is 3.30. The minimum absolute atomic E-state index is 0.148. The highest BCUT2D eigenvalue weighted by Crippen LogP contribution is 2.44. The maximum absolute atomic E-state index is 3.74. The summed E-state index contributed by atoms with van der Waals surface area (Å²) in [6.07, 6.45) is 1.11. The van der Waals surface area contributed by atoms with Crippen LogP contribution in [0.4, 0.5) is 0 Å². The Morgan fingerprint density at radius 2 is 1.75 bits per heavy atom. The van der Waals surface area contributed by atoms with Crippen molar-refractivity contribution in [3.05, 3.63) is 21.2 Å². The number of alkyl halides is 1. The molecule has 0 saturated heterocycles. The summed E-state index contributed by atoms with van der Waals surface area (Å²) in [7, 11) is 0. The lowest BCUT2D eigenvalue weighted by atomic mass is 9.86. The third-order valence-corrected chi connectivity index (χ3v) is 4.74. The van der Waals surface area contributed by atoms with E-state index in [1.165, 1.54) is 21.2 Å². The summed E-state index contributed by atoms with van der Waals surface area (Å²) in [5.74, 6) is 0. The molecule has 0 bridgehead atoms. The van der Waals surface area contributed by atoms with E-state index in [0.29, 0.717) is 0 Å². The van der Waals surface area contributed by atoms with Crippen LogP contribution >= 0.6 is 31.9 Å². The molecule has 0 fully saturated rings. The first-order chi connectivity index (χ1) is 5.36. The van der Waals surface area contributed by atoms with Crippen LogP contribution in [0.2, 0.25) is 0 Å². The second-order valence-corrected chi connectivity index (χ2v) is 6.26. The van der Waals surface area contributed by atoms with Crippen LogP contribution in [0.15, 0.2) is 21.2 Å². The first-order valence-electron chi connectivity index (χ1n) is 4.09. The van der Waals surface area contributed by atoms with Crippen molar-refractivity contribution in [2.75, 3.05) is 0 Å². The van der Waals surface area contributed by atoms with Gasteiger partial charge in [-0.15, -0.1) is 0 Å². The Morgan fingerprint density at radius 1 is 1.25 bits per heavy atom. The molecule has 12 heavy (non-hydrogen) atoms. The Hall–Kier alpha value is 0.440. The number of hydrogen-bond acceptors (Lipinski definition) is 0. The summed E-state index contributed by atoms with van der Waals surface area (Å²) in [6.45, 7) is 8.77. The fourth-order valence-corrected chi connectivity index (χ4v) is 3.12. The summed E-state index contributed by atoms with van der Waals surface area (Å²) in [4.78, 5) is 0. The predicted octanol–water partition coefficient (Wildman–Crippen LogP) is 4.55. The van der Waals surface area contributed by atoms with Gasteiger partial charge in [0.2, 0.25) is 0 Å². The van der Waals surface area contributed by atoms with Gasteiger partial charge in [-0.05, 0) is 45.3 Å². The number of rotatable bonds is 0. The topological polar surface area (TPSA) is 0 Å². The maximum Gasteiger partial charge on any atom is 0.0486 e. The van der Waals surface area contributed by atoms with Crippen molar-refractivity contribution in [2.24, 2.45) is 0 Å². The molecule has 1 atom stereocenters. The van der Waals surface area contributed by atoms with Gasteiger partial charge < -0.3 is 0 Å². The van der Waals surface area contributed by atoms with Crippen LogP contribution in [0.25, 0.3) is 0 Å². The first-order valence-corrected chi connectivity index (χ1v) is 5.67. The molecule has 1 aliphatic rings. The van der Waals surface area contributed by atoms with E-state index in [9.17, 15) is 0 Å². The summed E-state index contributed by atoms with van der Waals surface area (Å²) < 4.78 is 1.42. The zero-order valence-corrected chi connectivity index (χ0v) is 11.1. The minimum atomic E-state index is 0.148. The monoisotopic (exact) mass is 292 g/mol. The van der Waals surface area contributed by atoms with E-state index in [1.54, 1.807) is 0 Å². The normalized spacial score (nSPS) is 31.5. The molecule has 2 heteroatoms. The van der Waals surface area contributed by atoms with Crippen LogP contribution in [0.1, 0.15) is 34.1 Å². The molecular formula is C10H14Br2. The minimum Gasteiger partial charge on any atom is -0.0804 e. The molecule has 0 aromatic carbocycles. The lowest BCUT2D eigenvalue weighted by Gasteiger charge is -2.31. The highest BCUT2D eigenvalue weighted by atomic mass is 79.9. The zero-order valence-electron chi connectivity index (χ0n) is 7.96. The average molecular weight is 294 g/mol. The van der Waals surface area contributed by atoms with Crippen LogP contribution in [0.5, 0.6) is 0 Å². The zero-order chi connectivity index (χ0) is 9.52. The van der Waals surface area contributed by atoms with Crippen molar-refractivity contribution in [1.29, 1.82) is 0 Å². The molecule has 0 aliphatic heterocycles. The lowest BCUT2D eigenvalue weighted by Crippen LogP contribution is -2.22. The molecule has 0 aromatic heterocycles. The van der Waals surface area contributed by atoms with Gasteiger partial charge in [-0.1, -0.05) is 37.4 Å². The van der Waals surface area contributed by atoms with Gasteiger partial charge in [0.25, 0.3) is 0 Å². The SMILES string of the molecule is CC1=C(C)C(Br)=C(C)C(C)(Br)C1. The van der Waals surface area contributed by atoms with Gasteiger partial charge in [-0.2, -0.15) is 0 Å². The predicted molar refractivity (Wildman–Crippen MR) is 62.0 cm³/mol. The number of hydrogen-bond donors (Lipinski definition) is 0. The molecule has 1 aliphatic carbocycles. The van der Waals surface area contributed by atoms with E-state index in [2.05, 4.69) is 59.6 Å². The van der Waals surface area contributed by atoms with Crippen molar-refractivity contribution in [3.63, 3.8) is 0 Å². The molecule has 68 valence electrons. The van der Waals surface area contributed by atoms with Crippen molar-refractivity contribution < 1.29 is 0 Å². The van der Waals surface area contributed by atoms with Gasteiger partial charge in [0, 0.05) is 8.81 Å². The van der Waals surface area contributed by atoms with Gasteiger partial charge in [0.1, 0.15) is 0 Å². The molecule has 1 unspecified atom stereocenters. The number of halogens is 2. The molecular weight excluding hydrogens is 280 g/mol. The summed E-state index contributed by atoms with van der Waals surface area (Å²) >= 11 is 7.37. The molecule has 0 spiro atoms. The highest BCUT2D eigenvalue weighted by Gasteiger charge is 2.29. The fraction of sp³-hybridized carbons (Fsp3) is 0.600. The largest absolute Gasteiger partial charge is 0.0804 e. The van der Waals surface area contributed by atoms with E-state index < -0.39 is 0 Å². The Kier molecular flexibility index (Phi) is 2.89. The van der Waals surface area contributed by atoms with Crippen LogP contribution < -0.4 is 0 Å². The van der Waals surface area contributed by atoms with Crippen molar-refractivity contribution in [2.45, 2.75) is 38.4 Å². The second-order valence-electron chi connectivity index (χ2n) is 3.72. The van der Waals surface area contributed by atoms with Crippen molar-refractivity contribution in [1.82, 2.24) is 0 Å². The Morgan fingerprint density at radius 3 is 2.25 bits per heavy atom. The van der Waals surface area contributed by atoms with Gasteiger partial charge in [-0.25, -0.2) is 0 Å². The Balaban J connectivity index is 3.20. The molecule has 0 radical (unpaired) electrons. The van der Waals surface area contributed by atoms with Gasteiger partial charge >= 0.3 is 0 Å². The third-order valence-electron chi connectivity index (χ3n) is 2.68. The van der Waals surface area contributed by atoms with Crippen LogP contribution in [-0.4, -0.2) is 4.32 Å². The van der Waals surface area contributed by atoms with Gasteiger partial charge in [0.05, 0.1) is 0 Å². The number of allylic oxidation sites excluding steroid dienone is 4. The average Bonchev–Trinajstić information content (AvgIpc) is 1.97. The lowest BCUT2D eigenvalue weighted by molar-refractivity contribution is 0.722. The van der Waals surface area contributed by atoms with E-state index in [1.807, 2.05) is 0 Å². The van der Waals surface area contributed by atoms with Gasteiger partial charge in [-0.3, -0.25) is 0 Å². The molecule has 0 amide bonds. The summed E-state index contributed by atoms with van der Waals surface area (Å²) in [5, 5.41) is 0. The molecule has 1 rings (SSSR count). The van der Waals surface area contributed by atoms with E-state index in [4.69, 9.17) is 0 Å². The van der Waals surface area contributed by atoms with E-state index in [0.717, 1.165) is 6.42 Å². The standard InChI is InChI=1S/C10H14Br2/c1-6-5-10(4,12)8(3)9(11)7(6)2/h5H2,1-4H3. The Labute approximate surface area is 91.4 Å². The van der Waals surface area contributed by atoms with Crippen LogP contribution in [0, 0.1) is 0 Å². The molecule has 0 saturated carbocycles. The van der Waals surface area contributed by atoms with Gasteiger partial charge in [0.15, 0.2) is 0 Å². The summed E-state index contributed by atoms with van der Waals surface area (Å²) in [5.41, 5.74) is 4.25. The van der Waals surface area contributed by atoms with Crippen LogP contribution in [0.3, 0.4) is 0 Å².